The van der Waals surface area contributed by atoms with Crippen molar-refractivity contribution < 1.29 is 4.79 Å². The largest absolute Gasteiger partial charge is 0.369 e. The maximum atomic E-state index is 11.0. The predicted molar refractivity (Wildman–Crippen MR) is 62.5 cm³/mol. The van der Waals surface area contributed by atoms with Crippen molar-refractivity contribution in [1.82, 2.24) is 9.88 Å². The van der Waals surface area contributed by atoms with Gasteiger partial charge in [-0.15, -0.1) is 0 Å². The summed E-state index contributed by atoms with van der Waals surface area (Å²) < 4.78 is 0. The molecule has 1 aromatic heterocycles. The van der Waals surface area contributed by atoms with E-state index in [1.807, 2.05) is 6.07 Å². The topological polar surface area (TPSA) is 62.5 Å². The lowest BCUT2D eigenvalue weighted by molar-refractivity contribution is 0.0995. The fourth-order valence-electron chi connectivity index (χ4n) is 1.82. The van der Waals surface area contributed by atoms with E-state index in [0.717, 1.165) is 31.9 Å². The zero-order chi connectivity index (χ0) is 11.5. The van der Waals surface area contributed by atoms with Crippen LogP contribution in [0.3, 0.4) is 0 Å². The number of aromatic nitrogens is 1. The van der Waals surface area contributed by atoms with Crippen LogP contribution in [-0.2, 0) is 0 Å². The van der Waals surface area contributed by atoms with E-state index >= 15 is 0 Å². The van der Waals surface area contributed by atoms with Gasteiger partial charge in [0.05, 0.1) is 0 Å². The second-order valence-corrected chi connectivity index (χ2v) is 4.05. The fraction of sp³-hybridized carbons (Fsp3) is 0.455. The molecule has 0 aliphatic carbocycles. The van der Waals surface area contributed by atoms with E-state index in [1.165, 1.54) is 0 Å². The minimum Gasteiger partial charge on any atom is -0.369 e. The van der Waals surface area contributed by atoms with Gasteiger partial charge in [-0.05, 0) is 19.2 Å². The van der Waals surface area contributed by atoms with Crippen LogP contribution in [-0.4, -0.2) is 49.0 Å². The van der Waals surface area contributed by atoms with Crippen molar-refractivity contribution in [1.29, 1.82) is 0 Å². The first-order chi connectivity index (χ1) is 7.66. The van der Waals surface area contributed by atoms with Crippen LogP contribution < -0.4 is 10.6 Å². The highest BCUT2D eigenvalue weighted by Crippen LogP contribution is 2.16. The Hall–Kier alpha value is -1.62. The number of carbonyl (C=O) groups excluding carboxylic acids is 1. The number of carbonyl (C=O) groups is 1. The van der Waals surface area contributed by atoms with Gasteiger partial charge in [0, 0.05) is 38.1 Å². The Balaban J connectivity index is 2.14. The maximum absolute atomic E-state index is 11.0. The molecule has 1 fully saturated rings. The predicted octanol–water partition coefficient (Wildman–Crippen LogP) is -0.0677. The number of pyridine rings is 1. The number of piperazine rings is 1. The first-order valence-corrected chi connectivity index (χ1v) is 5.36. The number of nitrogens with zero attached hydrogens (tertiary/aromatic N) is 3. The van der Waals surface area contributed by atoms with Crippen LogP contribution in [0, 0.1) is 0 Å². The third kappa shape index (κ3) is 2.30. The Morgan fingerprint density at radius 2 is 2.06 bits per heavy atom. The number of rotatable bonds is 2. The average molecular weight is 220 g/mol. The van der Waals surface area contributed by atoms with Gasteiger partial charge < -0.3 is 15.5 Å². The molecule has 1 saturated heterocycles. The Kier molecular flexibility index (Phi) is 3.05. The summed E-state index contributed by atoms with van der Waals surface area (Å²) in [6.07, 6.45) is 1.63. The van der Waals surface area contributed by atoms with Crippen molar-refractivity contribution in [3.8, 4) is 0 Å². The summed E-state index contributed by atoms with van der Waals surface area (Å²) in [7, 11) is 2.11. The average Bonchev–Trinajstić information content (AvgIpc) is 2.30. The van der Waals surface area contributed by atoms with Gasteiger partial charge in [0.1, 0.15) is 5.69 Å². The van der Waals surface area contributed by atoms with E-state index in [1.54, 1.807) is 12.3 Å². The van der Waals surface area contributed by atoms with E-state index in [2.05, 4.69) is 21.8 Å². The quantitative estimate of drug-likeness (QED) is 0.758. The lowest BCUT2D eigenvalue weighted by Crippen LogP contribution is -2.44. The number of anilines is 1. The lowest BCUT2D eigenvalue weighted by atomic mass is 10.2. The molecule has 0 aromatic carbocycles. The van der Waals surface area contributed by atoms with Crippen LogP contribution in [0.4, 0.5) is 5.69 Å². The molecule has 0 saturated carbocycles. The molecule has 1 aliphatic heterocycles. The van der Waals surface area contributed by atoms with E-state index in [0.29, 0.717) is 5.69 Å². The van der Waals surface area contributed by atoms with Crippen LogP contribution in [0.2, 0.25) is 0 Å². The van der Waals surface area contributed by atoms with Crippen molar-refractivity contribution in [3.05, 3.63) is 24.0 Å². The van der Waals surface area contributed by atoms with Gasteiger partial charge in [0.25, 0.3) is 5.91 Å². The van der Waals surface area contributed by atoms with E-state index in [9.17, 15) is 4.79 Å². The molecule has 0 radical (unpaired) electrons. The third-order valence-corrected chi connectivity index (χ3v) is 2.86. The van der Waals surface area contributed by atoms with Gasteiger partial charge in [-0.3, -0.25) is 9.78 Å². The minimum atomic E-state index is -0.476. The fourth-order valence-corrected chi connectivity index (χ4v) is 1.82. The normalized spacial score (nSPS) is 17.4. The van der Waals surface area contributed by atoms with Gasteiger partial charge in [-0.25, -0.2) is 0 Å². The molecular weight excluding hydrogens is 204 g/mol. The molecule has 0 spiro atoms. The molecule has 1 amide bonds. The molecule has 1 aromatic rings. The molecule has 5 heteroatoms. The molecule has 2 heterocycles. The number of hydrogen-bond donors (Lipinski definition) is 1. The second-order valence-electron chi connectivity index (χ2n) is 4.05. The summed E-state index contributed by atoms with van der Waals surface area (Å²) in [5, 5.41) is 0. The summed E-state index contributed by atoms with van der Waals surface area (Å²) in [5.41, 5.74) is 6.56. The van der Waals surface area contributed by atoms with Gasteiger partial charge in [-0.2, -0.15) is 0 Å². The summed E-state index contributed by atoms with van der Waals surface area (Å²) in [5.74, 6) is -0.476. The van der Waals surface area contributed by atoms with Crippen molar-refractivity contribution >= 4 is 11.6 Å². The van der Waals surface area contributed by atoms with Crippen molar-refractivity contribution in [2.75, 3.05) is 38.1 Å². The molecule has 16 heavy (non-hydrogen) atoms. The smallest absolute Gasteiger partial charge is 0.267 e. The van der Waals surface area contributed by atoms with E-state index in [4.69, 9.17) is 5.73 Å². The van der Waals surface area contributed by atoms with Crippen molar-refractivity contribution in [2.24, 2.45) is 5.73 Å². The molecule has 0 bridgehead atoms. The number of likely N-dealkylation sites (N-methyl/N-ethyl adjacent to an activating group) is 1. The highest BCUT2D eigenvalue weighted by Gasteiger charge is 2.15. The van der Waals surface area contributed by atoms with Gasteiger partial charge >= 0.3 is 0 Å². The second kappa shape index (κ2) is 4.49. The number of primary amides is 1. The molecule has 86 valence electrons. The molecule has 0 atom stereocenters. The number of amides is 1. The lowest BCUT2D eigenvalue weighted by Gasteiger charge is -2.34. The molecular formula is C11H16N4O. The monoisotopic (exact) mass is 220 g/mol. The van der Waals surface area contributed by atoms with Crippen LogP contribution in [0.5, 0.6) is 0 Å². The first-order valence-electron chi connectivity index (χ1n) is 5.36. The molecule has 0 unspecified atom stereocenters. The van der Waals surface area contributed by atoms with Crippen LogP contribution in [0.1, 0.15) is 10.5 Å². The highest BCUT2D eigenvalue weighted by atomic mass is 16.1. The molecule has 2 N–H and O–H groups in total. The summed E-state index contributed by atoms with van der Waals surface area (Å²) in [4.78, 5) is 19.5. The summed E-state index contributed by atoms with van der Waals surface area (Å²) in [6.45, 7) is 4.01. The van der Waals surface area contributed by atoms with Crippen molar-refractivity contribution in [2.45, 2.75) is 0 Å². The van der Waals surface area contributed by atoms with Crippen molar-refractivity contribution in [3.63, 3.8) is 0 Å². The highest BCUT2D eigenvalue weighted by molar-refractivity contribution is 5.91. The molecule has 2 rings (SSSR count). The molecule has 1 aliphatic rings. The van der Waals surface area contributed by atoms with E-state index < -0.39 is 5.91 Å². The zero-order valence-electron chi connectivity index (χ0n) is 9.39. The SMILES string of the molecule is CN1CCN(c2ccnc(C(N)=O)c2)CC1. The van der Waals surface area contributed by atoms with Gasteiger partial charge in [0.15, 0.2) is 0 Å². The standard InChI is InChI=1S/C11H16N4O/c1-14-4-6-15(7-5-14)9-2-3-13-10(8-9)11(12)16/h2-3,8H,4-7H2,1H3,(H2,12,16). The van der Waals surface area contributed by atoms with Gasteiger partial charge in [-0.1, -0.05) is 0 Å². The Morgan fingerprint density at radius 3 is 2.69 bits per heavy atom. The van der Waals surface area contributed by atoms with Crippen LogP contribution in [0.15, 0.2) is 18.3 Å². The number of hydrogen-bond acceptors (Lipinski definition) is 4. The summed E-state index contributed by atoms with van der Waals surface area (Å²) in [6, 6.07) is 3.67. The van der Waals surface area contributed by atoms with Gasteiger partial charge in [0.2, 0.25) is 0 Å². The number of nitrogens with two attached hydrogens (primary N) is 1. The Morgan fingerprint density at radius 1 is 1.38 bits per heavy atom. The Bertz CT molecular complexity index is 385. The third-order valence-electron chi connectivity index (χ3n) is 2.86. The Labute approximate surface area is 94.9 Å². The minimum absolute atomic E-state index is 0.330. The van der Waals surface area contributed by atoms with Crippen LogP contribution in [0.25, 0.3) is 0 Å². The summed E-state index contributed by atoms with van der Waals surface area (Å²) >= 11 is 0. The van der Waals surface area contributed by atoms with E-state index in [-0.39, 0.29) is 0 Å². The zero-order valence-corrected chi connectivity index (χ0v) is 9.39. The maximum Gasteiger partial charge on any atom is 0.267 e. The van der Waals surface area contributed by atoms with Crippen LogP contribution >= 0.6 is 0 Å². The first kappa shape index (κ1) is 10.9. The molecule has 5 nitrogen and oxygen atoms in total.